The van der Waals surface area contributed by atoms with Gasteiger partial charge < -0.3 is 4.42 Å². The molecule has 0 aliphatic heterocycles. The monoisotopic (exact) mass is 337 g/mol. The number of fused-ring (bicyclic) bond motifs is 1. The van der Waals surface area contributed by atoms with Gasteiger partial charge in [-0.1, -0.05) is 30.0 Å². The molecule has 0 fully saturated rings. The molecule has 4 aromatic rings. The van der Waals surface area contributed by atoms with Crippen molar-refractivity contribution in [1.82, 2.24) is 25.2 Å². The number of nitrogens with zero attached hydrogens (tertiary/aromatic N) is 5. The molecule has 0 aliphatic rings. The van der Waals surface area contributed by atoms with Crippen LogP contribution in [0.1, 0.15) is 17.0 Å². The van der Waals surface area contributed by atoms with E-state index in [1.165, 1.54) is 22.9 Å². The van der Waals surface area contributed by atoms with E-state index in [0.717, 1.165) is 16.8 Å². The molecule has 7 heteroatoms. The van der Waals surface area contributed by atoms with Crippen molar-refractivity contribution in [3.05, 3.63) is 59.5 Å². The first-order valence-electron chi connectivity index (χ1n) is 7.54. The fourth-order valence-corrected chi connectivity index (χ4v) is 3.13. The first-order chi connectivity index (χ1) is 11.7. The number of thioether (sulfide) groups is 1. The first-order valence-corrected chi connectivity index (χ1v) is 8.52. The minimum Gasteiger partial charge on any atom is -0.440 e. The first kappa shape index (κ1) is 14.9. The average Bonchev–Trinajstić information content (AvgIpc) is 3.21. The summed E-state index contributed by atoms with van der Waals surface area (Å²) in [5.74, 6) is 1.23. The maximum Gasteiger partial charge on any atom is 0.214 e. The fraction of sp³-hybridized carbons (Fsp3) is 0.176. The van der Waals surface area contributed by atoms with Gasteiger partial charge in [0, 0.05) is 0 Å². The van der Waals surface area contributed by atoms with Crippen LogP contribution in [-0.2, 0) is 5.75 Å². The van der Waals surface area contributed by atoms with E-state index in [1.807, 2.05) is 30.3 Å². The van der Waals surface area contributed by atoms with E-state index in [1.54, 1.807) is 4.68 Å². The summed E-state index contributed by atoms with van der Waals surface area (Å²) in [6.07, 6.45) is 0. The molecule has 24 heavy (non-hydrogen) atoms. The van der Waals surface area contributed by atoms with Crippen LogP contribution in [0.5, 0.6) is 0 Å². The number of hydrogen-bond acceptors (Lipinski definition) is 6. The Morgan fingerprint density at radius 3 is 2.79 bits per heavy atom. The third kappa shape index (κ3) is 2.78. The normalized spacial score (nSPS) is 11.2. The molecule has 2 aromatic heterocycles. The zero-order valence-electron chi connectivity index (χ0n) is 13.3. The van der Waals surface area contributed by atoms with E-state index < -0.39 is 0 Å². The Hall–Kier alpha value is -2.67. The zero-order chi connectivity index (χ0) is 16.5. The summed E-state index contributed by atoms with van der Waals surface area (Å²) in [5.41, 5.74) is 5.05. The zero-order valence-corrected chi connectivity index (χ0v) is 14.1. The molecule has 2 aromatic carbocycles. The summed E-state index contributed by atoms with van der Waals surface area (Å²) >= 11 is 1.50. The van der Waals surface area contributed by atoms with Crippen LogP contribution in [0.2, 0.25) is 0 Å². The second-order valence-corrected chi connectivity index (χ2v) is 6.45. The van der Waals surface area contributed by atoms with E-state index in [-0.39, 0.29) is 0 Å². The van der Waals surface area contributed by atoms with Gasteiger partial charge in [-0.05, 0) is 59.7 Å². The van der Waals surface area contributed by atoms with Crippen molar-refractivity contribution in [3.8, 4) is 5.69 Å². The predicted molar refractivity (Wildman–Crippen MR) is 92.2 cm³/mol. The second-order valence-electron chi connectivity index (χ2n) is 5.51. The average molecular weight is 337 g/mol. The number of oxazole rings is 1. The van der Waals surface area contributed by atoms with Crippen molar-refractivity contribution in [2.45, 2.75) is 24.8 Å². The fourth-order valence-electron chi connectivity index (χ4n) is 2.40. The van der Waals surface area contributed by atoms with Gasteiger partial charge >= 0.3 is 0 Å². The van der Waals surface area contributed by atoms with Gasteiger partial charge in [0.25, 0.3) is 0 Å². The maximum absolute atomic E-state index is 5.74. The van der Waals surface area contributed by atoms with E-state index in [4.69, 9.17) is 4.42 Å². The van der Waals surface area contributed by atoms with E-state index in [2.05, 4.69) is 46.5 Å². The molecule has 120 valence electrons. The van der Waals surface area contributed by atoms with Crippen LogP contribution >= 0.6 is 11.8 Å². The Bertz CT molecular complexity index is 974. The van der Waals surface area contributed by atoms with Gasteiger partial charge in [0.2, 0.25) is 11.0 Å². The van der Waals surface area contributed by atoms with Crippen molar-refractivity contribution in [1.29, 1.82) is 0 Å². The molecule has 0 bridgehead atoms. The molecule has 0 atom stereocenters. The lowest BCUT2D eigenvalue weighted by atomic mass is 10.1. The molecule has 4 rings (SSSR count). The number of aryl methyl sites for hydroxylation is 2. The number of tetrazole rings is 1. The standard InChI is InChI=1S/C17H15N5OS/c1-11-7-8-13(9-12(11)2)22-17(19-20-21-22)24-10-16-18-14-5-3-4-6-15(14)23-16/h3-9H,10H2,1-2H3. The van der Waals surface area contributed by atoms with Crippen LogP contribution in [-0.4, -0.2) is 25.2 Å². The van der Waals surface area contributed by atoms with Gasteiger partial charge in [0.15, 0.2) is 5.58 Å². The summed E-state index contributed by atoms with van der Waals surface area (Å²) in [6, 6.07) is 13.9. The number of benzene rings is 2. The van der Waals surface area contributed by atoms with Gasteiger partial charge in [-0.25, -0.2) is 4.98 Å². The summed E-state index contributed by atoms with van der Waals surface area (Å²) in [5, 5.41) is 12.7. The third-order valence-corrected chi connectivity index (χ3v) is 4.74. The highest BCUT2D eigenvalue weighted by molar-refractivity contribution is 7.98. The number of hydrogen-bond donors (Lipinski definition) is 0. The van der Waals surface area contributed by atoms with Crippen molar-refractivity contribution in [3.63, 3.8) is 0 Å². The van der Waals surface area contributed by atoms with Crippen molar-refractivity contribution in [2.75, 3.05) is 0 Å². The SMILES string of the molecule is Cc1ccc(-n2nnnc2SCc2nc3ccccc3o2)cc1C. The third-order valence-electron chi connectivity index (χ3n) is 3.84. The summed E-state index contributed by atoms with van der Waals surface area (Å²) in [7, 11) is 0. The Morgan fingerprint density at radius 2 is 1.96 bits per heavy atom. The minimum absolute atomic E-state index is 0.569. The van der Waals surface area contributed by atoms with Crippen molar-refractivity contribution in [2.24, 2.45) is 0 Å². The van der Waals surface area contributed by atoms with Crippen LogP contribution in [0.4, 0.5) is 0 Å². The van der Waals surface area contributed by atoms with Gasteiger partial charge in [-0.15, -0.1) is 5.10 Å². The van der Waals surface area contributed by atoms with Crippen molar-refractivity contribution < 1.29 is 4.42 Å². The predicted octanol–water partition coefficient (Wildman–Crippen LogP) is 3.71. The largest absolute Gasteiger partial charge is 0.440 e. The topological polar surface area (TPSA) is 69.6 Å². The van der Waals surface area contributed by atoms with E-state index in [9.17, 15) is 0 Å². The summed E-state index contributed by atoms with van der Waals surface area (Å²) < 4.78 is 7.47. The lowest BCUT2D eigenvalue weighted by molar-refractivity contribution is 0.556. The molecule has 0 amide bonds. The molecular formula is C17H15N5OS. The quantitative estimate of drug-likeness (QED) is 0.529. The molecule has 0 spiro atoms. The Kier molecular flexibility index (Phi) is 3.78. The van der Waals surface area contributed by atoms with Crippen molar-refractivity contribution >= 4 is 22.9 Å². The highest BCUT2D eigenvalue weighted by atomic mass is 32.2. The summed E-state index contributed by atoms with van der Waals surface area (Å²) in [6.45, 7) is 4.16. The Morgan fingerprint density at radius 1 is 1.08 bits per heavy atom. The van der Waals surface area contributed by atoms with Crippen LogP contribution in [0.15, 0.2) is 52.0 Å². The molecule has 0 unspecified atom stereocenters. The molecule has 0 aliphatic carbocycles. The Balaban J connectivity index is 1.57. The minimum atomic E-state index is 0.569. The highest BCUT2D eigenvalue weighted by Crippen LogP contribution is 2.25. The molecule has 2 heterocycles. The van der Waals surface area contributed by atoms with Gasteiger partial charge in [0.1, 0.15) is 5.52 Å². The molecule has 6 nitrogen and oxygen atoms in total. The number of para-hydroxylation sites is 2. The maximum atomic E-state index is 5.74. The summed E-state index contributed by atoms with van der Waals surface area (Å²) in [4.78, 5) is 4.47. The molecule has 0 saturated carbocycles. The van der Waals surface area contributed by atoms with Crippen LogP contribution in [0.3, 0.4) is 0 Å². The van der Waals surface area contributed by atoms with Gasteiger partial charge in [-0.3, -0.25) is 0 Å². The molecule has 0 N–H and O–H groups in total. The molecule has 0 saturated heterocycles. The number of aromatic nitrogens is 5. The van der Waals surface area contributed by atoms with E-state index >= 15 is 0 Å². The lowest BCUT2D eigenvalue weighted by Gasteiger charge is -2.06. The Labute approximate surface area is 142 Å². The van der Waals surface area contributed by atoms with Gasteiger partial charge in [-0.2, -0.15) is 4.68 Å². The van der Waals surface area contributed by atoms with Crippen LogP contribution in [0, 0.1) is 13.8 Å². The van der Waals surface area contributed by atoms with Crippen LogP contribution < -0.4 is 0 Å². The molecule has 0 radical (unpaired) electrons. The van der Waals surface area contributed by atoms with Gasteiger partial charge in [0.05, 0.1) is 11.4 Å². The number of rotatable bonds is 4. The van der Waals surface area contributed by atoms with Crippen LogP contribution in [0.25, 0.3) is 16.8 Å². The highest BCUT2D eigenvalue weighted by Gasteiger charge is 2.12. The smallest absolute Gasteiger partial charge is 0.214 e. The lowest BCUT2D eigenvalue weighted by Crippen LogP contribution is -2.00. The second kappa shape index (κ2) is 6.09. The molecular weight excluding hydrogens is 322 g/mol. The van der Waals surface area contributed by atoms with E-state index in [0.29, 0.717) is 16.8 Å².